The van der Waals surface area contributed by atoms with E-state index in [9.17, 15) is 4.89 Å². The third-order valence-corrected chi connectivity index (χ3v) is 1.92. The summed E-state index contributed by atoms with van der Waals surface area (Å²) < 4.78 is 9.78. The number of rotatable bonds is 6. The minimum Gasteiger partial charge on any atom is -0.394 e. The Hall–Kier alpha value is 0.230. The van der Waals surface area contributed by atoms with Gasteiger partial charge in [-0.2, -0.15) is 0 Å². The molecule has 6 heteroatoms. The summed E-state index contributed by atoms with van der Waals surface area (Å²) in [6.07, 6.45) is -0.967. The van der Waals surface area contributed by atoms with Crippen LogP contribution < -0.4 is 0 Å². The summed E-state index contributed by atoms with van der Waals surface area (Å²) in [7, 11) is -1.95. The maximum Gasteiger partial charge on any atom is 0.329 e. The second kappa shape index (κ2) is 6.67. The molecule has 0 radical (unpaired) electrons. The average molecular weight is 226 g/mol. The molecule has 0 aromatic heterocycles. The largest absolute Gasteiger partial charge is 0.394 e. The number of hydrogen-bond donors (Lipinski definition) is 3. The zero-order valence-electron chi connectivity index (χ0n) is 8.80. The lowest BCUT2D eigenvalue weighted by molar-refractivity contribution is 0.0427. The molecule has 2 unspecified atom stereocenters. The van der Waals surface area contributed by atoms with Gasteiger partial charge in [0.2, 0.25) is 0 Å². The zero-order chi connectivity index (χ0) is 11.2. The van der Waals surface area contributed by atoms with E-state index in [4.69, 9.17) is 19.3 Å². The predicted octanol–water partition coefficient (Wildman–Crippen LogP) is 0.638. The standard InChI is InChI=1S/C8H19O5P/c1-8(2,3)6-13-14(11)12-5-7(10)4-9/h7,9-11H,4-6H2,1-3H3. The third kappa shape index (κ3) is 8.81. The van der Waals surface area contributed by atoms with Crippen molar-refractivity contribution in [2.24, 2.45) is 5.41 Å². The van der Waals surface area contributed by atoms with E-state index in [2.05, 4.69) is 0 Å². The maximum atomic E-state index is 9.18. The van der Waals surface area contributed by atoms with Gasteiger partial charge in [-0.3, -0.25) is 0 Å². The van der Waals surface area contributed by atoms with Crippen LogP contribution in [0.3, 0.4) is 0 Å². The van der Waals surface area contributed by atoms with Crippen molar-refractivity contribution in [3.05, 3.63) is 0 Å². The molecule has 0 aliphatic rings. The van der Waals surface area contributed by atoms with Crippen LogP contribution in [0.2, 0.25) is 0 Å². The molecule has 0 heterocycles. The molecule has 0 saturated heterocycles. The fourth-order valence-electron chi connectivity index (χ4n) is 0.489. The van der Waals surface area contributed by atoms with E-state index in [1.807, 2.05) is 20.8 Å². The van der Waals surface area contributed by atoms with Gasteiger partial charge in [-0.1, -0.05) is 20.8 Å². The molecule has 0 bridgehead atoms. The highest BCUT2D eigenvalue weighted by Crippen LogP contribution is 2.35. The van der Waals surface area contributed by atoms with E-state index in [0.717, 1.165) is 0 Å². The Kier molecular flexibility index (Phi) is 6.78. The smallest absolute Gasteiger partial charge is 0.329 e. The van der Waals surface area contributed by atoms with Crippen molar-refractivity contribution in [1.82, 2.24) is 0 Å². The minimum atomic E-state index is -1.95. The Bertz CT molecular complexity index is 147. The molecule has 0 fully saturated rings. The van der Waals surface area contributed by atoms with Crippen molar-refractivity contribution in [3.63, 3.8) is 0 Å². The normalized spacial score (nSPS) is 16.7. The van der Waals surface area contributed by atoms with Crippen molar-refractivity contribution in [1.29, 1.82) is 0 Å². The van der Waals surface area contributed by atoms with Crippen LogP contribution in [0.4, 0.5) is 0 Å². The molecule has 5 nitrogen and oxygen atoms in total. The van der Waals surface area contributed by atoms with Crippen LogP contribution >= 0.6 is 8.60 Å². The summed E-state index contributed by atoms with van der Waals surface area (Å²) in [6.45, 7) is 5.78. The van der Waals surface area contributed by atoms with Crippen molar-refractivity contribution in [2.45, 2.75) is 26.9 Å². The maximum absolute atomic E-state index is 9.18. The van der Waals surface area contributed by atoms with Gasteiger partial charge in [0.15, 0.2) is 0 Å². The Morgan fingerprint density at radius 3 is 2.29 bits per heavy atom. The molecule has 2 atom stereocenters. The summed E-state index contributed by atoms with van der Waals surface area (Å²) in [6, 6.07) is 0. The Labute approximate surface area is 85.7 Å². The fourth-order valence-corrected chi connectivity index (χ4v) is 1.36. The molecule has 3 N–H and O–H groups in total. The fraction of sp³-hybridized carbons (Fsp3) is 1.00. The molecule has 0 aromatic carbocycles. The van der Waals surface area contributed by atoms with E-state index >= 15 is 0 Å². The van der Waals surface area contributed by atoms with Crippen molar-refractivity contribution < 1.29 is 24.2 Å². The minimum absolute atomic E-state index is 0.0394. The first-order valence-electron chi connectivity index (χ1n) is 4.39. The van der Waals surface area contributed by atoms with Gasteiger partial charge in [-0.25, -0.2) is 0 Å². The highest BCUT2D eigenvalue weighted by molar-refractivity contribution is 7.40. The Morgan fingerprint density at radius 2 is 1.86 bits per heavy atom. The van der Waals surface area contributed by atoms with Gasteiger partial charge in [0, 0.05) is 0 Å². The Morgan fingerprint density at radius 1 is 1.29 bits per heavy atom. The summed E-state index contributed by atoms with van der Waals surface area (Å²) >= 11 is 0. The van der Waals surface area contributed by atoms with E-state index in [0.29, 0.717) is 6.61 Å². The van der Waals surface area contributed by atoms with E-state index in [1.165, 1.54) is 0 Å². The molecule has 0 amide bonds. The summed E-state index contributed by atoms with van der Waals surface area (Å²) in [4.78, 5) is 9.18. The van der Waals surface area contributed by atoms with Crippen LogP contribution in [-0.4, -0.2) is 41.0 Å². The van der Waals surface area contributed by atoms with Crippen LogP contribution in [0.1, 0.15) is 20.8 Å². The predicted molar refractivity (Wildman–Crippen MR) is 53.6 cm³/mol. The van der Waals surface area contributed by atoms with Gasteiger partial charge in [0.05, 0.1) is 19.8 Å². The second-order valence-electron chi connectivity index (χ2n) is 4.20. The van der Waals surface area contributed by atoms with Crippen molar-refractivity contribution in [3.8, 4) is 0 Å². The van der Waals surface area contributed by atoms with Gasteiger partial charge in [0.25, 0.3) is 0 Å². The molecule has 0 aliphatic heterocycles. The molecule has 0 rings (SSSR count). The molecule has 14 heavy (non-hydrogen) atoms. The lowest BCUT2D eigenvalue weighted by Crippen LogP contribution is -2.19. The van der Waals surface area contributed by atoms with Crippen molar-refractivity contribution >= 4 is 8.60 Å². The van der Waals surface area contributed by atoms with E-state index < -0.39 is 14.7 Å². The SMILES string of the molecule is CC(C)(C)COP(O)OCC(O)CO. The number of aliphatic hydroxyl groups is 2. The van der Waals surface area contributed by atoms with E-state index in [1.54, 1.807) is 0 Å². The first kappa shape index (κ1) is 14.2. The molecular weight excluding hydrogens is 207 g/mol. The van der Waals surface area contributed by atoms with Gasteiger partial charge in [-0.15, -0.1) is 0 Å². The molecule has 0 spiro atoms. The lowest BCUT2D eigenvalue weighted by atomic mass is 9.99. The second-order valence-corrected chi connectivity index (χ2v) is 5.20. The molecule has 0 aliphatic carbocycles. The van der Waals surface area contributed by atoms with Gasteiger partial charge < -0.3 is 24.2 Å². The summed E-state index contributed by atoms with van der Waals surface area (Å²) in [5.41, 5.74) is -0.0394. The monoisotopic (exact) mass is 226 g/mol. The molecular formula is C8H19O5P. The molecule has 86 valence electrons. The van der Waals surface area contributed by atoms with Crippen LogP contribution in [0.15, 0.2) is 0 Å². The molecule has 0 saturated carbocycles. The van der Waals surface area contributed by atoms with Crippen molar-refractivity contribution in [2.75, 3.05) is 19.8 Å². The molecule has 0 aromatic rings. The topological polar surface area (TPSA) is 79.2 Å². The van der Waals surface area contributed by atoms with Crippen LogP contribution in [0, 0.1) is 5.41 Å². The lowest BCUT2D eigenvalue weighted by Gasteiger charge is -2.20. The van der Waals surface area contributed by atoms with Crippen LogP contribution in [0.5, 0.6) is 0 Å². The summed E-state index contributed by atoms with van der Waals surface area (Å²) in [5, 5.41) is 17.4. The van der Waals surface area contributed by atoms with Gasteiger partial charge in [-0.05, 0) is 5.41 Å². The number of aliphatic hydroxyl groups excluding tert-OH is 2. The first-order chi connectivity index (χ1) is 6.35. The van der Waals surface area contributed by atoms with Crippen LogP contribution in [-0.2, 0) is 9.05 Å². The quantitative estimate of drug-likeness (QED) is 0.579. The number of hydrogen-bond acceptors (Lipinski definition) is 5. The average Bonchev–Trinajstić information content (AvgIpc) is 2.09. The zero-order valence-corrected chi connectivity index (χ0v) is 9.70. The van der Waals surface area contributed by atoms with Crippen LogP contribution in [0.25, 0.3) is 0 Å². The van der Waals surface area contributed by atoms with Gasteiger partial charge >= 0.3 is 8.60 Å². The Balaban J connectivity index is 3.51. The third-order valence-electron chi connectivity index (χ3n) is 1.20. The highest BCUT2D eigenvalue weighted by atomic mass is 31.2. The first-order valence-corrected chi connectivity index (χ1v) is 5.52. The highest BCUT2D eigenvalue weighted by Gasteiger charge is 2.16. The van der Waals surface area contributed by atoms with E-state index in [-0.39, 0.29) is 18.6 Å². The summed E-state index contributed by atoms with van der Waals surface area (Å²) in [5.74, 6) is 0. The van der Waals surface area contributed by atoms with Gasteiger partial charge in [0.1, 0.15) is 6.10 Å².